The van der Waals surface area contributed by atoms with Gasteiger partial charge in [0.1, 0.15) is 0 Å². The van der Waals surface area contributed by atoms with Crippen molar-refractivity contribution in [3.63, 3.8) is 0 Å². The first-order valence-electron chi connectivity index (χ1n) is 4.79. The lowest BCUT2D eigenvalue weighted by Crippen LogP contribution is -2.56. The number of carbonyl (C=O) groups excluding carboxylic acids is 1. The van der Waals surface area contributed by atoms with E-state index in [1.807, 2.05) is 5.38 Å². The molecule has 2 N–H and O–H groups in total. The summed E-state index contributed by atoms with van der Waals surface area (Å²) in [6.45, 7) is 0.965. The minimum Gasteiger partial charge on any atom is -0.481 e. The molecule has 1 aromatic heterocycles. The number of carboxylic acid groups (broad SMARTS) is 1. The van der Waals surface area contributed by atoms with E-state index in [-0.39, 0.29) is 19.1 Å². The monoisotopic (exact) mass is 241 g/mol. The fourth-order valence-electron chi connectivity index (χ4n) is 1.40. The van der Waals surface area contributed by atoms with Crippen LogP contribution in [0.1, 0.15) is 5.69 Å². The number of thiazole rings is 1. The van der Waals surface area contributed by atoms with Crippen LogP contribution >= 0.6 is 11.3 Å². The first-order chi connectivity index (χ1) is 7.66. The average molecular weight is 241 g/mol. The molecule has 1 fully saturated rings. The number of nitrogens with zero attached hydrogens (tertiary/aromatic N) is 2. The summed E-state index contributed by atoms with van der Waals surface area (Å²) in [6, 6.07) is -0.231. The maximum Gasteiger partial charge on any atom is 0.317 e. The van der Waals surface area contributed by atoms with Gasteiger partial charge in [0, 0.05) is 18.5 Å². The van der Waals surface area contributed by atoms with Gasteiger partial charge in [-0.05, 0) is 0 Å². The van der Waals surface area contributed by atoms with Crippen molar-refractivity contribution in [2.24, 2.45) is 5.92 Å². The van der Waals surface area contributed by atoms with Gasteiger partial charge in [-0.15, -0.1) is 11.3 Å². The smallest absolute Gasteiger partial charge is 0.317 e. The van der Waals surface area contributed by atoms with E-state index >= 15 is 0 Å². The van der Waals surface area contributed by atoms with Gasteiger partial charge in [-0.2, -0.15) is 0 Å². The molecular weight excluding hydrogens is 230 g/mol. The van der Waals surface area contributed by atoms with E-state index < -0.39 is 11.9 Å². The third kappa shape index (κ3) is 2.30. The summed E-state index contributed by atoms with van der Waals surface area (Å²) in [5.74, 6) is -1.26. The van der Waals surface area contributed by atoms with Gasteiger partial charge in [-0.25, -0.2) is 9.78 Å². The molecule has 7 heteroatoms. The highest BCUT2D eigenvalue weighted by Gasteiger charge is 2.35. The Kier molecular flexibility index (Phi) is 3.04. The second-order valence-corrected chi connectivity index (χ2v) is 4.30. The second-order valence-electron chi connectivity index (χ2n) is 3.58. The predicted octanol–water partition coefficient (Wildman–Crippen LogP) is 0.369. The summed E-state index contributed by atoms with van der Waals surface area (Å²) in [5, 5.41) is 13.2. The minimum atomic E-state index is -0.844. The molecule has 0 atom stereocenters. The van der Waals surface area contributed by atoms with Crippen LogP contribution in [0.5, 0.6) is 0 Å². The maximum atomic E-state index is 11.5. The van der Waals surface area contributed by atoms with Crippen LogP contribution in [0, 0.1) is 5.92 Å². The lowest BCUT2D eigenvalue weighted by Gasteiger charge is -2.36. The zero-order valence-corrected chi connectivity index (χ0v) is 9.24. The molecule has 1 saturated heterocycles. The summed E-state index contributed by atoms with van der Waals surface area (Å²) in [4.78, 5) is 27.5. The second kappa shape index (κ2) is 4.48. The van der Waals surface area contributed by atoms with Crippen LogP contribution in [0.3, 0.4) is 0 Å². The van der Waals surface area contributed by atoms with E-state index in [0.717, 1.165) is 5.69 Å². The van der Waals surface area contributed by atoms with Gasteiger partial charge in [0.2, 0.25) is 0 Å². The van der Waals surface area contributed by atoms with Gasteiger partial charge in [0.25, 0.3) is 0 Å². The standard InChI is InChI=1S/C9H11N3O3S/c13-8(14)6-2-12(3-6)9(15)10-1-7-4-16-5-11-7/h4-6H,1-3H2,(H,10,15)(H,13,14). The van der Waals surface area contributed by atoms with Crippen LogP contribution in [-0.4, -0.2) is 40.1 Å². The number of hydrogen-bond acceptors (Lipinski definition) is 4. The first-order valence-corrected chi connectivity index (χ1v) is 5.73. The zero-order valence-electron chi connectivity index (χ0n) is 8.42. The van der Waals surface area contributed by atoms with Crippen molar-refractivity contribution in [1.82, 2.24) is 15.2 Å². The third-order valence-corrected chi connectivity index (χ3v) is 3.06. The quantitative estimate of drug-likeness (QED) is 0.801. The van der Waals surface area contributed by atoms with E-state index in [9.17, 15) is 9.59 Å². The molecular formula is C9H11N3O3S. The largest absolute Gasteiger partial charge is 0.481 e. The normalized spacial score (nSPS) is 15.6. The van der Waals surface area contributed by atoms with Gasteiger partial charge in [-0.3, -0.25) is 4.79 Å². The van der Waals surface area contributed by atoms with Crippen LogP contribution in [0.4, 0.5) is 4.79 Å². The molecule has 1 aromatic rings. The first kappa shape index (κ1) is 10.9. The number of nitrogens with one attached hydrogen (secondary N) is 1. The number of amides is 2. The Morgan fingerprint density at radius 1 is 1.62 bits per heavy atom. The highest BCUT2D eigenvalue weighted by molar-refractivity contribution is 7.07. The Bertz CT molecular complexity index is 387. The number of carboxylic acids is 1. The Labute approximate surface area is 95.9 Å². The van der Waals surface area contributed by atoms with E-state index in [1.54, 1.807) is 5.51 Å². The maximum absolute atomic E-state index is 11.5. The van der Waals surface area contributed by atoms with Crippen LogP contribution in [-0.2, 0) is 11.3 Å². The summed E-state index contributed by atoms with van der Waals surface area (Å²) in [5.41, 5.74) is 2.51. The number of rotatable bonds is 3. The number of urea groups is 1. The van der Waals surface area contributed by atoms with Gasteiger partial charge >= 0.3 is 12.0 Å². The summed E-state index contributed by atoms with van der Waals surface area (Å²) in [6.07, 6.45) is 0. The van der Waals surface area contributed by atoms with E-state index in [1.165, 1.54) is 16.2 Å². The van der Waals surface area contributed by atoms with Gasteiger partial charge < -0.3 is 15.3 Å². The number of carbonyl (C=O) groups is 2. The van der Waals surface area contributed by atoms with Crippen LogP contribution in [0.15, 0.2) is 10.9 Å². The highest BCUT2D eigenvalue weighted by Crippen LogP contribution is 2.15. The fourth-order valence-corrected chi connectivity index (χ4v) is 1.96. The lowest BCUT2D eigenvalue weighted by atomic mass is 10.0. The van der Waals surface area contributed by atoms with Crippen molar-refractivity contribution in [3.05, 3.63) is 16.6 Å². The van der Waals surface area contributed by atoms with E-state index in [4.69, 9.17) is 5.11 Å². The van der Waals surface area contributed by atoms with Crippen LogP contribution in [0.25, 0.3) is 0 Å². The van der Waals surface area contributed by atoms with E-state index in [0.29, 0.717) is 6.54 Å². The molecule has 2 amide bonds. The molecule has 0 saturated carbocycles. The molecule has 1 aliphatic heterocycles. The molecule has 6 nitrogen and oxygen atoms in total. The molecule has 16 heavy (non-hydrogen) atoms. The van der Waals surface area contributed by atoms with Gasteiger partial charge in [0.15, 0.2) is 0 Å². The zero-order chi connectivity index (χ0) is 11.5. The number of hydrogen-bond donors (Lipinski definition) is 2. The number of likely N-dealkylation sites (tertiary alicyclic amines) is 1. The fraction of sp³-hybridized carbons (Fsp3) is 0.444. The molecule has 2 rings (SSSR count). The number of aliphatic carboxylic acids is 1. The summed E-state index contributed by atoms with van der Waals surface area (Å²) < 4.78 is 0. The topological polar surface area (TPSA) is 82.5 Å². The Morgan fingerprint density at radius 2 is 2.38 bits per heavy atom. The third-order valence-electron chi connectivity index (χ3n) is 2.42. The molecule has 0 aromatic carbocycles. The Hall–Kier alpha value is -1.63. The van der Waals surface area contributed by atoms with Crippen molar-refractivity contribution < 1.29 is 14.7 Å². The molecule has 1 aliphatic rings. The number of aromatic nitrogens is 1. The minimum absolute atomic E-state index is 0.231. The van der Waals surface area contributed by atoms with Crippen molar-refractivity contribution in [2.45, 2.75) is 6.54 Å². The van der Waals surface area contributed by atoms with Crippen molar-refractivity contribution in [1.29, 1.82) is 0 Å². The van der Waals surface area contributed by atoms with E-state index in [2.05, 4.69) is 10.3 Å². The molecule has 0 spiro atoms. The average Bonchev–Trinajstić information content (AvgIpc) is 2.63. The summed E-state index contributed by atoms with van der Waals surface area (Å²) >= 11 is 1.47. The molecule has 0 bridgehead atoms. The SMILES string of the molecule is O=C(O)C1CN(C(=O)NCc2cscn2)C1. The summed E-state index contributed by atoms with van der Waals surface area (Å²) in [7, 11) is 0. The van der Waals surface area contributed by atoms with Crippen LogP contribution in [0.2, 0.25) is 0 Å². The molecule has 0 unspecified atom stereocenters. The Morgan fingerprint density at radius 3 is 2.94 bits per heavy atom. The molecule has 86 valence electrons. The highest BCUT2D eigenvalue weighted by atomic mass is 32.1. The molecule has 0 aliphatic carbocycles. The van der Waals surface area contributed by atoms with Crippen molar-refractivity contribution in [2.75, 3.05) is 13.1 Å². The van der Waals surface area contributed by atoms with Gasteiger partial charge in [0.05, 0.1) is 23.7 Å². The van der Waals surface area contributed by atoms with Crippen molar-refractivity contribution >= 4 is 23.3 Å². The molecule has 2 heterocycles. The molecule has 0 radical (unpaired) electrons. The Balaban J connectivity index is 1.72. The van der Waals surface area contributed by atoms with Crippen molar-refractivity contribution in [3.8, 4) is 0 Å². The van der Waals surface area contributed by atoms with Gasteiger partial charge in [-0.1, -0.05) is 0 Å². The van der Waals surface area contributed by atoms with Crippen LogP contribution < -0.4 is 5.32 Å². The predicted molar refractivity (Wildman–Crippen MR) is 57.0 cm³/mol. The lowest BCUT2D eigenvalue weighted by molar-refractivity contribution is -0.146.